The van der Waals surface area contributed by atoms with Crippen molar-refractivity contribution in [3.63, 3.8) is 0 Å². The number of hydrogen-bond acceptors (Lipinski definition) is 4. The van der Waals surface area contributed by atoms with Gasteiger partial charge in [-0.15, -0.1) is 13.2 Å². The van der Waals surface area contributed by atoms with Crippen LogP contribution in [0.5, 0.6) is 5.75 Å². The lowest BCUT2D eigenvalue weighted by Crippen LogP contribution is -2.57. The highest BCUT2D eigenvalue weighted by Gasteiger charge is 2.42. The summed E-state index contributed by atoms with van der Waals surface area (Å²) in [5.41, 5.74) is -0.00541. The third-order valence-electron chi connectivity index (χ3n) is 5.37. The van der Waals surface area contributed by atoms with Crippen LogP contribution in [0, 0.1) is 23.1 Å². The SMILES string of the molecule is CNC(=O)N1C[C@H](C#N)C[C@@H](N(C(=O)NCc2ccc(OC(F)(F)F)cc2F)C2CC2)C1. The summed E-state index contributed by atoms with van der Waals surface area (Å²) in [6.45, 7) is 0.289. The van der Waals surface area contributed by atoms with Crippen LogP contribution in [0.2, 0.25) is 0 Å². The Bertz CT molecular complexity index is 900. The van der Waals surface area contributed by atoms with Gasteiger partial charge >= 0.3 is 18.4 Å². The summed E-state index contributed by atoms with van der Waals surface area (Å²) >= 11 is 0. The smallest absolute Gasteiger partial charge is 0.406 e. The van der Waals surface area contributed by atoms with Crippen molar-refractivity contribution in [2.45, 2.75) is 44.3 Å². The van der Waals surface area contributed by atoms with Gasteiger partial charge in [0.25, 0.3) is 0 Å². The summed E-state index contributed by atoms with van der Waals surface area (Å²) in [5, 5.41) is 14.5. The minimum Gasteiger partial charge on any atom is -0.406 e. The Balaban J connectivity index is 1.67. The van der Waals surface area contributed by atoms with Crippen molar-refractivity contribution in [1.29, 1.82) is 5.26 Å². The van der Waals surface area contributed by atoms with Crippen LogP contribution in [0.1, 0.15) is 24.8 Å². The van der Waals surface area contributed by atoms with Gasteiger partial charge in [-0.05, 0) is 25.3 Å². The second-order valence-corrected chi connectivity index (χ2v) is 7.77. The third-order valence-corrected chi connectivity index (χ3v) is 5.37. The van der Waals surface area contributed by atoms with Crippen LogP contribution in [-0.4, -0.2) is 60.4 Å². The molecule has 2 fully saturated rings. The number of hydrogen-bond donors (Lipinski definition) is 2. The molecule has 12 heteroatoms. The quantitative estimate of drug-likeness (QED) is 0.665. The molecule has 0 bridgehead atoms. The number of nitrogens with one attached hydrogen (secondary N) is 2. The molecular weight excluding hydrogens is 434 g/mol. The van der Waals surface area contributed by atoms with Crippen molar-refractivity contribution in [3.8, 4) is 11.8 Å². The van der Waals surface area contributed by atoms with Crippen LogP contribution in [0.3, 0.4) is 0 Å². The number of carbonyl (C=O) groups excluding carboxylic acids is 2. The normalized spacial score (nSPS) is 20.8. The largest absolute Gasteiger partial charge is 0.573 e. The van der Waals surface area contributed by atoms with E-state index >= 15 is 0 Å². The second kappa shape index (κ2) is 9.50. The fraction of sp³-hybridized carbons (Fsp3) is 0.550. The molecule has 1 saturated heterocycles. The van der Waals surface area contributed by atoms with Crippen LogP contribution < -0.4 is 15.4 Å². The Morgan fingerprint density at radius 1 is 1.28 bits per heavy atom. The van der Waals surface area contributed by atoms with E-state index in [0.29, 0.717) is 12.5 Å². The van der Waals surface area contributed by atoms with Crippen molar-refractivity contribution in [2.75, 3.05) is 20.1 Å². The van der Waals surface area contributed by atoms with Gasteiger partial charge in [0.05, 0.1) is 18.0 Å². The van der Waals surface area contributed by atoms with Crippen molar-refractivity contribution in [3.05, 3.63) is 29.6 Å². The summed E-state index contributed by atoms with van der Waals surface area (Å²) in [7, 11) is 1.48. The molecule has 0 aromatic heterocycles. The molecule has 0 unspecified atom stereocenters. The molecule has 3 rings (SSSR count). The standard InChI is InChI=1S/C20H23F4N5O3/c1-26-18(30)28-10-12(8-25)6-15(11-28)29(14-3-4-14)19(31)27-9-13-2-5-16(7-17(13)21)32-20(22,23)24/h2,5,7,12,14-15H,3-4,6,9-11H2,1H3,(H,26,30)(H,27,31)/t12-,15+/m0/s1. The molecule has 1 heterocycles. The lowest BCUT2D eigenvalue weighted by atomic mass is 9.94. The Morgan fingerprint density at radius 3 is 2.56 bits per heavy atom. The van der Waals surface area contributed by atoms with E-state index in [2.05, 4.69) is 21.4 Å². The number of likely N-dealkylation sites (tertiary alicyclic amines) is 1. The van der Waals surface area contributed by atoms with Crippen LogP contribution in [0.4, 0.5) is 27.2 Å². The van der Waals surface area contributed by atoms with Gasteiger partial charge in [-0.2, -0.15) is 5.26 Å². The molecule has 174 valence electrons. The van der Waals surface area contributed by atoms with Crippen molar-refractivity contribution < 1.29 is 31.9 Å². The number of nitrogens with zero attached hydrogens (tertiary/aromatic N) is 3. The van der Waals surface area contributed by atoms with Crippen molar-refractivity contribution >= 4 is 12.1 Å². The Kier molecular flexibility index (Phi) is 6.96. The molecule has 2 aliphatic rings. The van der Waals surface area contributed by atoms with E-state index in [4.69, 9.17) is 0 Å². The zero-order valence-corrected chi connectivity index (χ0v) is 17.3. The number of amides is 4. The minimum absolute atomic E-state index is 0.00541. The molecule has 2 atom stereocenters. The lowest BCUT2D eigenvalue weighted by Gasteiger charge is -2.41. The summed E-state index contributed by atoms with van der Waals surface area (Å²) in [4.78, 5) is 28.1. The number of ether oxygens (including phenoxy) is 1. The topological polar surface area (TPSA) is 97.7 Å². The summed E-state index contributed by atoms with van der Waals surface area (Å²) in [5.74, 6) is -2.07. The van der Waals surface area contributed by atoms with E-state index in [1.165, 1.54) is 11.9 Å². The van der Waals surface area contributed by atoms with Gasteiger partial charge in [-0.25, -0.2) is 14.0 Å². The van der Waals surface area contributed by atoms with Crippen LogP contribution in [-0.2, 0) is 6.54 Å². The first-order valence-electron chi connectivity index (χ1n) is 10.1. The number of piperidine rings is 1. The average Bonchev–Trinajstić information content (AvgIpc) is 3.56. The van der Waals surface area contributed by atoms with E-state index in [1.54, 1.807) is 4.90 Å². The van der Waals surface area contributed by atoms with Crippen molar-refractivity contribution in [1.82, 2.24) is 20.4 Å². The molecular formula is C20H23F4N5O3. The van der Waals surface area contributed by atoms with E-state index in [1.807, 2.05) is 0 Å². The molecule has 0 radical (unpaired) electrons. The fourth-order valence-corrected chi connectivity index (χ4v) is 3.80. The highest BCUT2D eigenvalue weighted by molar-refractivity contribution is 5.76. The maximum Gasteiger partial charge on any atom is 0.573 e. The predicted molar refractivity (Wildman–Crippen MR) is 104 cm³/mol. The number of rotatable bonds is 5. The van der Waals surface area contributed by atoms with E-state index in [0.717, 1.165) is 25.0 Å². The molecule has 4 amide bonds. The minimum atomic E-state index is -4.93. The third kappa shape index (κ3) is 5.93. The molecule has 1 aliphatic carbocycles. The molecule has 1 aliphatic heterocycles. The zero-order valence-electron chi connectivity index (χ0n) is 17.3. The summed E-state index contributed by atoms with van der Waals surface area (Å²) in [6.07, 6.45) is -2.97. The number of carbonyl (C=O) groups is 2. The van der Waals surface area contributed by atoms with Crippen LogP contribution in [0.25, 0.3) is 0 Å². The van der Waals surface area contributed by atoms with Gasteiger partial charge in [-0.3, -0.25) is 0 Å². The predicted octanol–water partition coefficient (Wildman–Crippen LogP) is 2.95. The Labute approximate surface area is 182 Å². The molecule has 32 heavy (non-hydrogen) atoms. The van der Waals surface area contributed by atoms with Gasteiger partial charge in [-0.1, -0.05) is 6.07 Å². The van der Waals surface area contributed by atoms with Gasteiger partial charge in [0.1, 0.15) is 11.6 Å². The highest BCUT2D eigenvalue weighted by Crippen LogP contribution is 2.33. The lowest BCUT2D eigenvalue weighted by molar-refractivity contribution is -0.274. The summed E-state index contributed by atoms with van der Waals surface area (Å²) < 4.78 is 54.7. The van der Waals surface area contributed by atoms with E-state index in [9.17, 15) is 32.4 Å². The monoisotopic (exact) mass is 457 g/mol. The van der Waals surface area contributed by atoms with Gasteiger partial charge < -0.3 is 25.2 Å². The van der Waals surface area contributed by atoms with E-state index in [-0.39, 0.29) is 43.3 Å². The Morgan fingerprint density at radius 2 is 2.00 bits per heavy atom. The Hall–Kier alpha value is -3.23. The van der Waals surface area contributed by atoms with Gasteiger partial charge in [0.2, 0.25) is 0 Å². The zero-order chi connectivity index (χ0) is 23.5. The first kappa shape index (κ1) is 23.4. The number of halogens is 4. The molecule has 1 saturated carbocycles. The number of nitriles is 1. The maximum absolute atomic E-state index is 14.2. The first-order valence-corrected chi connectivity index (χ1v) is 10.1. The van der Waals surface area contributed by atoms with Crippen LogP contribution >= 0.6 is 0 Å². The van der Waals surface area contributed by atoms with Gasteiger partial charge in [0.15, 0.2) is 0 Å². The van der Waals surface area contributed by atoms with Crippen LogP contribution in [0.15, 0.2) is 18.2 Å². The fourth-order valence-electron chi connectivity index (χ4n) is 3.80. The first-order chi connectivity index (χ1) is 15.1. The summed E-state index contributed by atoms with van der Waals surface area (Å²) in [6, 6.07) is 3.59. The molecule has 8 nitrogen and oxygen atoms in total. The maximum atomic E-state index is 14.2. The number of urea groups is 2. The number of benzene rings is 1. The number of alkyl halides is 3. The average molecular weight is 457 g/mol. The van der Waals surface area contributed by atoms with Crippen molar-refractivity contribution in [2.24, 2.45) is 5.92 Å². The van der Waals surface area contributed by atoms with Gasteiger partial charge in [0, 0.05) is 44.4 Å². The second-order valence-electron chi connectivity index (χ2n) is 7.77. The molecule has 0 spiro atoms. The van der Waals surface area contributed by atoms with E-state index < -0.39 is 29.9 Å². The highest BCUT2D eigenvalue weighted by atomic mass is 19.4. The molecule has 1 aromatic rings. The molecule has 2 N–H and O–H groups in total. The molecule has 1 aromatic carbocycles.